The minimum absolute atomic E-state index is 0.137. The molecule has 5 heteroatoms. The number of hydrogen-bond acceptors (Lipinski definition) is 5. The topological polar surface area (TPSA) is 67.3 Å². The zero-order chi connectivity index (χ0) is 12.3. The molecule has 0 unspecified atom stereocenters. The molecule has 0 radical (unpaired) electrons. The monoisotopic (exact) mass is 237 g/mol. The van der Waals surface area contributed by atoms with Crippen molar-refractivity contribution in [3.8, 4) is 5.88 Å². The van der Waals surface area contributed by atoms with E-state index >= 15 is 0 Å². The number of ether oxygens (including phenoxy) is 1. The largest absolute Gasteiger partial charge is 0.477 e. The van der Waals surface area contributed by atoms with E-state index in [1.54, 1.807) is 0 Å². The number of aliphatic hydroxyl groups is 1. The first-order chi connectivity index (χ1) is 8.26. The van der Waals surface area contributed by atoms with E-state index in [4.69, 9.17) is 9.84 Å². The summed E-state index contributed by atoms with van der Waals surface area (Å²) in [5, 5.41) is 11.8. The maximum Gasteiger partial charge on any atom is 0.221 e. The van der Waals surface area contributed by atoms with Gasteiger partial charge in [-0.05, 0) is 19.8 Å². The van der Waals surface area contributed by atoms with Gasteiger partial charge in [-0.3, -0.25) is 0 Å². The van der Waals surface area contributed by atoms with E-state index in [1.165, 1.54) is 12.8 Å². The van der Waals surface area contributed by atoms with Crippen LogP contribution in [0, 0.1) is 6.92 Å². The first-order valence-electron chi connectivity index (χ1n) is 6.06. The molecule has 1 fully saturated rings. The van der Waals surface area contributed by atoms with Gasteiger partial charge < -0.3 is 15.2 Å². The van der Waals surface area contributed by atoms with E-state index in [9.17, 15) is 0 Å². The van der Waals surface area contributed by atoms with Crippen molar-refractivity contribution in [1.82, 2.24) is 9.97 Å². The molecule has 1 aromatic heterocycles. The van der Waals surface area contributed by atoms with Crippen LogP contribution >= 0.6 is 0 Å². The highest BCUT2D eigenvalue weighted by molar-refractivity contribution is 5.48. The van der Waals surface area contributed by atoms with Crippen LogP contribution in [0.2, 0.25) is 0 Å². The molecule has 1 aromatic rings. The number of aromatic nitrogens is 2. The molecule has 1 heterocycles. The van der Waals surface area contributed by atoms with Crippen molar-refractivity contribution in [3.63, 3.8) is 0 Å². The molecule has 0 spiro atoms. The average molecular weight is 237 g/mol. The van der Waals surface area contributed by atoms with Crippen LogP contribution in [-0.4, -0.2) is 35.3 Å². The van der Waals surface area contributed by atoms with Crippen molar-refractivity contribution in [2.45, 2.75) is 32.1 Å². The standard InChI is InChI=1S/C12H19N3O2/c1-8-10(13-2)14-11(9-4-5-9)15-12(8)17-7-3-6-16/h9,16H,3-7H2,1-2H3,(H,13,14,15). The molecule has 0 saturated heterocycles. The van der Waals surface area contributed by atoms with Gasteiger partial charge in [0.2, 0.25) is 5.88 Å². The van der Waals surface area contributed by atoms with Crippen molar-refractivity contribution < 1.29 is 9.84 Å². The third-order valence-corrected chi connectivity index (χ3v) is 2.84. The SMILES string of the molecule is CNc1nc(C2CC2)nc(OCCCO)c1C. The number of nitrogens with one attached hydrogen (secondary N) is 1. The van der Waals surface area contributed by atoms with Crippen molar-refractivity contribution in [1.29, 1.82) is 0 Å². The van der Waals surface area contributed by atoms with E-state index in [0.29, 0.717) is 24.8 Å². The molecule has 0 amide bonds. The van der Waals surface area contributed by atoms with Gasteiger partial charge in [0.1, 0.15) is 11.6 Å². The zero-order valence-electron chi connectivity index (χ0n) is 10.4. The first kappa shape index (κ1) is 12.1. The fraction of sp³-hybridized carbons (Fsp3) is 0.667. The van der Waals surface area contributed by atoms with Gasteiger partial charge in [0.25, 0.3) is 0 Å². The fourth-order valence-corrected chi connectivity index (χ4v) is 1.65. The van der Waals surface area contributed by atoms with Crippen LogP contribution in [0.4, 0.5) is 5.82 Å². The Kier molecular flexibility index (Phi) is 3.78. The summed E-state index contributed by atoms with van der Waals surface area (Å²) >= 11 is 0. The Labute approximate surface area is 101 Å². The van der Waals surface area contributed by atoms with Gasteiger partial charge in [-0.1, -0.05) is 0 Å². The number of anilines is 1. The van der Waals surface area contributed by atoms with Gasteiger partial charge in [0, 0.05) is 26.0 Å². The smallest absolute Gasteiger partial charge is 0.221 e. The average Bonchev–Trinajstić information content (AvgIpc) is 3.15. The van der Waals surface area contributed by atoms with E-state index in [2.05, 4.69) is 15.3 Å². The van der Waals surface area contributed by atoms with E-state index < -0.39 is 0 Å². The molecule has 1 aliphatic rings. The molecule has 94 valence electrons. The summed E-state index contributed by atoms with van der Waals surface area (Å²) < 4.78 is 5.59. The molecule has 2 N–H and O–H groups in total. The van der Waals surface area contributed by atoms with E-state index in [0.717, 1.165) is 17.2 Å². The maximum absolute atomic E-state index is 8.74. The summed E-state index contributed by atoms with van der Waals surface area (Å²) in [7, 11) is 1.85. The second-order valence-electron chi connectivity index (χ2n) is 4.31. The molecule has 0 aliphatic heterocycles. The minimum Gasteiger partial charge on any atom is -0.477 e. The quantitative estimate of drug-likeness (QED) is 0.733. The van der Waals surface area contributed by atoms with Crippen molar-refractivity contribution in [3.05, 3.63) is 11.4 Å². The molecule has 2 rings (SSSR count). The summed E-state index contributed by atoms with van der Waals surface area (Å²) in [5.41, 5.74) is 0.926. The van der Waals surface area contributed by atoms with Gasteiger partial charge in [-0.15, -0.1) is 0 Å². The summed E-state index contributed by atoms with van der Waals surface area (Å²) in [6.45, 7) is 2.57. The summed E-state index contributed by atoms with van der Waals surface area (Å²) in [4.78, 5) is 8.95. The number of aliphatic hydroxyl groups excluding tert-OH is 1. The van der Waals surface area contributed by atoms with Gasteiger partial charge in [-0.2, -0.15) is 4.98 Å². The molecule has 0 atom stereocenters. The van der Waals surface area contributed by atoms with Gasteiger partial charge in [-0.25, -0.2) is 4.98 Å². The zero-order valence-corrected chi connectivity index (χ0v) is 10.4. The third kappa shape index (κ3) is 2.85. The highest BCUT2D eigenvalue weighted by atomic mass is 16.5. The Morgan fingerprint density at radius 3 is 2.76 bits per heavy atom. The Morgan fingerprint density at radius 2 is 2.18 bits per heavy atom. The molecular weight excluding hydrogens is 218 g/mol. The Balaban J connectivity index is 2.18. The van der Waals surface area contributed by atoms with Crippen molar-refractivity contribution >= 4 is 5.82 Å². The first-order valence-corrected chi connectivity index (χ1v) is 6.06. The second-order valence-corrected chi connectivity index (χ2v) is 4.31. The molecule has 1 saturated carbocycles. The predicted molar refractivity (Wildman–Crippen MR) is 65.5 cm³/mol. The van der Waals surface area contributed by atoms with Gasteiger partial charge in [0.15, 0.2) is 0 Å². The molecule has 0 aromatic carbocycles. The molecule has 5 nitrogen and oxygen atoms in total. The Bertz CT molecular complexity index is 392. The molecule has 17 heavy (non-hydrogen) atoms. The summed E-state index contributed by atoms with van der Waals surface area (Å²) in [6, 6.07) is 0. The van der Waals surface area contributed by atoms with Crippen LogP contribution in [-0.2, 0) is 0 Å². The van der Waals surface area contributed by atoms with Crippen molar-refractivity contribution in [2.24, 2.45) is 0 Å². The Morgan fingerprint density at radius 1 is 1.41 bits per heavy atom. The maximum atomic E-state index is 8.74. The van der Waals surface area contributed by atoms with Crippen molar-refractivity contribution in [2.75, 3.05) is 25.6 Å². The van der Waals surface area contributed by atoms with Crippen LogP contribution in [0.3, 0.4) is 0 Å². The lowest BCUT2D eigenvalue weighted by molar-refractivity contribution is 0.228. The van der Waals surface area contributed by atoms with Crippen LogP contribution in [0.25, 0.3) is 0 Å². The number of hydrogen-bond donors (Lipinski definition) is 2. The van der Waals surface area contributed by atoms with Crippen LogP contribution < -0.4 is 10.1 Å². The van der Waals surface area contributed by atoms with Crippen LogP contribution in [0.5, 0.6) is 5.88 Å². The highest BCUT2D eigenvalue weighted by Crippen LogP contribution is 2.39. The third-order valence-electron chi connectivity index (χ3n) is 2.84. The molecular formula is C12H19N3O2. The van der Waals surface area contributed by atoms with E-state index in [1.807, 2.05) is 14.0 Å². The number of nitrogens with zero attached hydrogens (tertiary/aromatic N) is 2. The summed E-state index contributed by atoms with van der Waals surface area (Å²) in [6.07, 6.45) is 2.96. The van der Waals surface area contributed by atoms with Gasteiger partial charge >= 0.3 is 0 Å². The van der Waals surface area contributed by atoms with Gasteiger partial charge in [0.05, 0.1) is 12.2 Å². The van der Waals surface area contributed by atoms with Crippen LogP contribution in [0.1, 0.15) is 36.6 Å². The minimum atomic E-state index is 0.137. The lowest BCUT2D eigenvalue weighted by Gasteiger charge is -2.12. The van der Waals surface area contributed by atoms with E-state index in [-0.39, 0.29) is 6.61 Å². The second kappa shape index (κ2) is 5.31. The number of rotatable bonds is 6. The Hall–Kier alpha value is -1.36. The summed E-state index contributed by atoms with van der Waals surface area (Å²) in [5.74, 6) is 2.85. The predicted octanol–water partition coefficient (Wildman–Crippen LogP) is 1.47. The highest BCUT2D eigenvalue weighted by Gasteiger charge is 2.28. The van der Waals surface area contributed by atoms with Crippen LogP contribution in [0.15, 0.2) is 0 Å². The lowest BCUT2D eigenvalue weighted by Crippen LogP contribution is -2.08. The fourth-order valence-electron chi connectivity index (χ4n) is 1.65. The lowest BCUT2D eigenvalue weighted by atomic mass is 10.3. The molecule has 1 aliphatic carbocycles. The normalized spacial score (nSPS) is 14.8. The molecule has 0 bridgehead atoms.